The van der Waals surface area contributed by atoms with Gasteiger partial charge in [0.25, 0.3) is 5.91 Å². The third-order valence-electron chi connectivity index (χ3n) is 4.31. The van der Waals surface area contributed by atoms with E-state index in [1.165, 1.54) is 36.1 Å². The Balaban J connectivity index is 1.67. The summed E-state index contributed by atoms with van der Waals surface area (Å²) in [7, 11) is 1.34. The van der Waals surface area contributed by atoms with Crippen molar-refractivity contribution in [2.45, 2.75) is 13.1 Å². The number of carbonyl (C=O) groups is 1. The number of nitrogens with one attached hydrogen (secondary N) is 1. The molecular weight excluding hydrogens is 431 g/mol. The van der Waals surface area contributed by atoms with E-state index in [4.69, 9.17) is 4.74 Å². The number of nitrogens with zero attached hydrogens (tertiary/aromatic N) is 8. The number of aryl methyl sites for hydroxylation is 1. The molecule has 0 saturated carbocycles. The molecule has 0 aliphatic carbocycles. The van der Waals surface area contributed by atoms with Gasteiger partial charge in [0.15, 0.2) is 17.3 Å². The van der Waals surface area contributed by atoms with Crippen molar-refractivity contribution in [1.82, 2.24) is 40.2 Å². The Morgan fingerprint density at radius 1 is 1.09 bits per heavy atom. The number of methoxy groups -OCH3 is 1. The summed E-state index contributed by atoms with van der Waals surface area (Å²) in [4.78, 5) is 12.7. The van der Waals surface area contributed by atoms with E-state index in [0.717, 1.165) is 6.20 Å². The standard InChI is InChI=1S/C18H14F3N9O2/c1-10-24-27-28-29(10)12-5-3-4-11(8-12)23-17(31)13-9-22-30(16(13)18(19,20)21)14-6-7-15(32-2)26-25-14/h3-9H,1-2H3,(H,23,31). The lowest BCUT2D eigenvalue weighted by atomic mass is 10.2. The molecule has 0 radical (unpaired) electrons. The molecular formula is C18H14F3N9O2. The first-order valence-corrected chi connectivity index (χ1v) is 8.98. The fourth-order valence-electron chi connectivity index (χ4n) is 2.88. The molecule has 0 bridgehead atoms. The molecule has 0 aliphatic rings. The molecule has 1 aromatic carbocycles. The van der Waals surface area contributed by atoms with Crippen molar-refractivity contribution in [2.75, 3.05) is 12.4 Å². The second-order valence-corrected chi connectivity index (χ2v) is 6.39. The van der Waals surface area contributed by atoms with Gasteiger partial charge in [-0.25, -0.2) is 4.68 Å². The molecule has 1 amide bonds. The van der Waals surface area contributed by atoms with Crippen LogP contribution in [0.4, 0.5) is 18.9 Å². The van der Waals surface area contributed by atoms with Crippen molar-refractivity contribution in [3.05, 3.63) is 59.7 Å². The minimum Gasteiger partial charge on any atom is -0.480 e. The quantitative estimate of drug-likeness (QED) is 0.496. The number of aromatic nitrogens is 8. The van der Waals surface area contributed by atoms with Crippen LogP contribution in [-0.2, 0) is 6.18 Å². The van der Waals surface area contributed by atoms with Gasteiger partial charge in [0.05, 0.1) is 24.6 Å². The SMILES string of the molecule is COc1ccc(-n2ncc(C(=O)Nc3cccc(-n4nnnc4C)c3)c2C(F)(F)F)nn1. The zero-order chi connectivity index (χ0) is 22.9. The molecule has 11 nitrogen and oxygen atoms in total. The number of anilines is 1. The van der Waals surface area contributed by atoms with Gasteiger partial charge in [0, 0.05) is 11.8 Å². The average Bonchev–Trinajstić information content (AvgIpc) is 3.40. The molecule has 0 unspecified atom stereocenters. The highest BCUT2D eigenvalue weighted by Gasteiger charge is 2.41. The molecule has 164 valence electrons. The number of amides is 1. The lowest BCUT2D eigenvalue weighted by molar-refractivity contribution is -0.143. The van der Waals surface area contributed by atoms with Crippen LogP contribution < -0.4 is 10.1 Å². The molecule has 0 saturated heterocycles. The zero-order valence-electron chi connectivity index (χ0n) is 16.6. The van der Waals surface area contributed by atoms with E-state index in [-0.39, 0.29) is 17.4 Å². The largest absolute Gasteiger partial charge is 0.480 e. The van der Waals surface area contributed by atoms with Crippen molar-refractivity contribution in [3.8, 4) is 17.4 Å². The number of tetrazole rings is 1. The van der Waals surface area contributed by atoms with Crippen LogP contribution in [0.15, 0.2) is 42.6 Å². The molecule has 0 spiro atoms. The Bertz CT molecular complexity index is 1270. The topological polar surface area (TPSA) is 126 Å². The molecule has 32 heavy (non-hydrogen) atoms. The van der Waals surface area contributed by atoms with Gasteiger partial charge >= 0.3 is 6.18 Å². The number of hydrogen-bond acceptors (Lipinski definition) is 8. The molecule has 1 N–H and O–H groups in total. The van der Waals surface area contributed by atoms with Gasteiger partial charge in [0.1, 0.15) is 0 Å². The summed E-state index contributed by atoms with van der Waals surface area (Å²) in [5.41, 5.74) is -1.21. The number of ether oxygens (including phenoxy) is 1. The predicted molar refractivity (Wildman–Crippen MR) is 103 cm³/mol. The summed E-state index contributed by atoms with van der Waals surface area (Å²) in [6.45, 7) is 1.68. The minimum atomic E-state index is -4.89. The van der Waals surface area contributed by atoms with E-state index >= 15 is 0 Å². The Labute approximate surface area is 177 Å². The smallest absolute Gasteiger partial charge is 0.434 e. The van der Waals surface area contributed by atoms with Gasteiger partial charge in [-0.1, -0.05) is 6.07 Å². The predicted octanol–water partition coefficient (Wildman–Crippen LogP) is 2.23. The van der Waals surface area contributed by atoms with Gasteiger partial charge in [-0.15, -0.1) is 15.3 Å². The molecule has 3 aromatic heterocycles. The van der Waals surface area contributed by atoms with Crippen molar-refractivity contribution >= 4 is 11.6 Å². The van der Waals surface area contributed by atoms with Crippen LogP contribution in [0.25, 0.3) is 11.5 Å². The third kappa shape index (κ3) is 3.97. The van der Waals surface area contributed by atoms with Crippen LogP contribution in [0.5, 0.6) is 5.88 Å². The van der Waals surface area contributed by atoms with Crippen LogP contribution in [0.3, 0.4) is 0 Å². The molecule has 4 aromatic rings. The summed E-state index contributed by atoms with van der Waals surface area (Å²) in [5, 5.41) is 24.6. The van der Waals surface area contributed by atoms with Crippen molar-refractivity contribution in [1.29, 1.82) is 0 Å². The molecule has 3 heterocycles. The maximum absolute atomic E-state index is 13.8. The maximum Gasteiger partial charge on any atom is 0.434 e. The minimum absolute atomic E-state index is 0.116. The maximum atomic E-state index is 13.8. The van der Waals surface area contributed by atoms with E-state index in [1.54, 1.807) is 19.1 Å². The fourth-order valence-corrected chi connectivity index (χ4v) is 2.88. The highest BCUT2D eigenvalue weighted by Crippen LogP contribution is 2.33. The van der Waals surface area contributed by atoms with E-state index < -0.39 is 23.3 Å². The van der Waals surface area contributed by atoms with Crippen LogP contribution in [-0.4, -0.2) is 53.2 Å². The van der Waals surface area contributed by atoms with E-state index in [0.29, 0.717) is 16.2 Å². The van der Waals surface area contributed by atoms with Crippen molar-refractivity contribution in [2.24, 2.45) is 0 Å². The molecule has 0 atom stereocenters. The summed E-state index contributed by atoms with van der Waals surface area (Å²) >= 11 is 0. The van der Waals surface area contributed by atoms with Gasteiger partial charge in [-0.2, -0.15) is 23.0 Å². The summed E-state index contributed by atoms with van der Waals surface area (Å²) in [5.74, 6) is -0.621. The number of halogens is 3. The molecule has 4 rings (SSSR count). The van der Waals surface area contributed by atoms with Crippen LogP contribution in [0.1, 0.15) is 21.9 Å². The van der Waals surface area contributed by atoms with Gasteiger partial charge in [-0.3, -0.25) is 4.79 Å². The van der Waals surface area contributed by atoms with Gasteiger partial charge < -0.3 is 10.1 Å². The van der Waals surface area contributed by atoms with Gasteiger partial charge in [-0.05, 0) is 41.6 Å². The number of rotatable bonds is 5. The summed E-state index contributed by atoms with van der Waals surface area (Å²) in [6.07, 6.45) is -4.07. The normalized spacial score (nSPS) is 11.4. The number of alkyl halides is 3. The van der Waals surface area contributed by atoms with E-state index in [2.05, 4.69) is 36.1 Å². The Kier molecular flexibility index (Phi) is 5.26. The Morgan fingerprint density at radius 3 is 2.53 bits per heavy atom. The molecule has 14 heteroatoms. The van der Waals surface area contributed by atoms with Crippen LogP contribution in [0.2, 0.25) is 0 Å². The third-order valence-corrected chi connectivity index (χ3v) is 4.31. The van der Waals surface area contributed by atoms with E-state index in [1.807, 2.05) is 0 Å². The number of hydrogen-bond donors (Lipinski definition) is 1. The fraction of sp³-hybridized carbons (Fsp3) is 0.167. The monoisotopic (exact) mass is 445 g/mol. The number of carbonyl (C=O) groups excluding carboxylic acids is 1. The Hall–Kier alpha value is -4.36. The molecule has 0 aliphatic heterocycles. The first kappa shape index (κ1) is 20.9. The lowest BCUT2D eigenvalue weighted by Crippen LogP contribution is -2.21. The zero-order valence-corrected chi connectivity index (χ0v) is 16.6. The highest BCUT2D eigenvalue weighted by molar-refractivity contribution is 6.05. The van der Waals surface area contributed by atoms with Crippen molar-refractivity contribution < 1.29 is 22.7 Å². The summed E-state index contributed by atoms with van der Waals surface area (Å²) < 4.78 is 48.3. The summed E-state index contributed by atoms with van der Waals surface area (Å²) in [6, 6.07) is 8.90. The Morgan fingerprint density at radius 2 is 1.91 bits per heavy atom. The number of benzene rings is 1. The average molecular weight is 445 g/mol. The van der Waals surface area contributed by atoms with Crippen LogP contribution >= 0.6 is 0 Å². The second-order valence-electron chi connectivity index (χ2n) is 6.39. The van der Waals surface area contributed by atoms with E-state index in [9.17, 15) is 18.0 Å². The lowest BCUT2D eigenvalue weighted by Gasteiger charge is -2.12. The van der Waals surface area contributed by atoms with Crippen LogP contribution in [0, 0.1) is 6.92 Å². The highest BCUT2D eigenvalue weighted by atomic mass is 19.4. The molecule has 0 fully saturated rings. The second kappa shape index (κ2) is 8.05. The first-order chi connectivity index (χ1) is 15.3. The van der Waals surface area contributed by atoms with Gasteiger partial charge in [0.2, 0.25) is 5.88 Å². The first-order valence-electron chi connectivity index (χ1n) is 8.98. The van der Waals surface area contributed by atoms with Crippen molar-refractivity contribution in [3.63, 3.8) is 0 Å².